The first-order chi connectivity index (χ1) is 22.7. The Labute approximate surface area is 316 Å². The highest BCUT2D eigenvalue weighted by atomic mass is 28.4. The molecule has 51 heavy (non-hydrogen) atoms. The summed E-state index contributed by atoms with van der Waals surface area (Å²) in [7, 11) is -5.92. The lowest BCUT2D eigenvalue weighted by molar-refractivity contribution is -0.263. The van der Waals surface area contributed by atoms with Crippen LogP contribution in [0.1, 0.15) is 105 Å². The van der Waals surface area contributed by atoms with Crippen molar-refractivity contribution in [2.75, 3.05) is 7.11 Å². The highest BCUT2D eigenvalue weighted by Gasteiger charge is 2.59. The Balaban J connectivity index is 3.06. The minimum absolute atomic E-state index is 0.0569. The van der Waals surface area contributed by atoms with Crippen LogP contribution >= 0.6 is 0 Å². The fraction of sp³-hybridized carbons (Fsp3) is 0.816. The van der Waals surface area contributed by atoms with E-state index in [-0.39, 0.29) is 32.9 Å². The fourth-order valence-electron chi connectivity index (χ4n) is 5.70. The SMILES string of the molecule is COC(=O)[C@H]1O[C@@H](Oc2c(C)c(C)c(C(C)(C)C)c(CO[SiH3])c2F)[C@H](O[Si](C)(C)C(C)(C)C)[C@@H](O[Si](C)(C)C(C)(C)C)[C@H]1O[Si](C)(C)C(C)(C)C. The summed E-state index contributed by atoms with van der Waals surface area (Å²) in [5.74, 6) is -1.05. The molecule has 0 bridgehead atoms. The smallest absolute Gasteiger partial charge is 0.337 e. The van der Waals surface area contributed by atoms with Gasteiger partial charge in [0.15, 0.2) is 42.6 Å². The largest absolute Gasteiger partial charge is 0.467 e. The second-order valence-corrected chi connectivity index (χ2v) is 34.9. The van der Waals surface area contributed by atoms with Gasteiger partial charge in [0.25, 0.3) is 0 Å². The van der Waals surface area contributed by atoms with Gasteiger partial charge in [0.1, 0.15) is 28.8 Å². The monoisotopic (exact) mass is 788 g/mol. The van der Waals surface area contributed by atoms with E-state index in [9.17, 15) is 4.79 Å². The number of esters is 1. The molecule has 1 aliphatic rings. The molecule has 296 valence electrons. The third-order valence-electron chi connectivity index (χ3n) is 12.0. The standard InChI is InChI=1S/C38H73FO8Si4/c1-23-24(2)28(27(39)25(22-42-48)26(23)35(3,4)5)43-34-32(47-51(20,21)38(12,13)14)30(46-50(18,19)37(9,10)11)29(31(44-34)33(40)41-15)45-49(16,17)36(6,7)8/h29-32,34H,22H2,1-21,48H3/t29-,30+,31+,32-,34-/m1/s1. The van der Waals surface area contributed by atoms with Crippen molar-refractivity contribution >= 4 is 41.4 Å². The summed E-state index contributed by atoms with van der Waals surface area (Å²) in [5, 5.41) is -0.576. The van der Waals surface area contributed by atoms with E-state index < -0.39 is 67.4 Å². The zero-order valence-corrected chi connectivity index (χ0v) is 41.2. The first-order valence-corrected chi connectivity index (χ1v) is 27.9. The molecular formula is C38H73FO8Si4. The molecule has 0 N–H and O–H groups in total. The van der Waals surface area contributed by atoms with Crippen molar-refractivity contribution in [2.45, 2.75) is 194 Å². The molecule has 0 saturated carbocycles. The number of methoxy groups -OCH3 is 1. The average molecular weight is 789 g/mol. The van der Waals surface area contributed by atoms with Crippen LogP contribution in [0.2, 0.25) is 54.4 Å². The molecule has 1 aliphatic heterocycles. The maximum atomic E-state index is 17.0. The Morgan fingerprint density at radius 2 is 1.14 bits per heavy atom. The molecular weight excluding hydrogens is 716 g/mol. The van der Waals surface area contributed by atoms with Crippen LogP contribution in [0.5, 0.6) is 5.75 Å². The Morgan fingerprint density at radius 3 is 1.51 bits per heavy atom. The lowest BCUT2D eigenvalue weighted by Crippen LogP contribution is -2.69. The molecule has 1 heterocycles. The summed E-state index contributed by atoms with van der Waals surface area (Å²) in [5.41, 5.74) is 2.59. The summed E-state index contributed by atoms with van der Waals surface area (Å²) in [6.07, 6.45) is -4.97. The van der Waals surface area contributed by atoms with Crippen molar-refractivity contribution in [2.24, 2.45) is 0 Å². The Bertz CT molecular complexity index is 1390. The van der Waals surface area contributed by atoms with E-state index in [0.29, 0.717) is 21.6 Å². The molecule has 0 aliphatic carbocycles. The van der Waals surface area contributed by atoms with Crippen molar-refractivity contribution in [3.8, 4) is 5.75 Å². The van der Waals surface area contributed by atoms with Gasteiger partial charge in [-0.2, -0.15) is 0 Å². The lowest BCUT2D eigenvalue weighted by atomic mass is 9.79. The highest BCUT2D eigenvalue weighted by molar-refractivity contribution is 6.75. The van der Waals surface area contributed by atoms with E-state index in [1.165, 1.54) is 7.11 Å². The molecule has 0 spiro atoms. The van der Waals surface area contributed by atoms with Crippen LogP contribution in [0, 0.1) is 19.7 Å². The van der Waals surface area contributed by atoms with E-state index in [0.717, 1.165) is 11.1 Å². The van der Waals surface area contributed by atoms with Crippen LogP contribution in [0.15, 0.2) is 0 Å². The average Bonchev–Trinajstić information content (AvgIpc) is 2.93. The molecule has 8 nitrogen and oxygen atoms in total. The van der Waals surface area contributed by atoms with Gasteiger partial charge in [-0.25, -0.2) is 9.18 Å². The van der Waals surface area contributed by atoms with Crippen molar-refractivity contribution in [3.63, 3.8) is 0 Å². The van der Waals surface area contributed by atoms with E-state index >= 15 is 4.39 Å². The maximum absolute atomic E-state index is 17.0. The van der Waals surface area contributed by atoms with Crippen LogP contribution in [0.3, 0.4) is 0 Å². The summed E-state index contributed by atoms with van der Waals surface area (Å²) in [4.78, 5) is 13.8. The first kappa shape index (κ1) is 46.2. The molecule has 1 fully saturated rings. The number of carbonyl (C=O) groups excluding carboxylic acids is 1. The van der Waals surface area contributed by atoms with Gasteiger partial charge >= 0.3 is 5.97 Å². The molecule has 0 amide bonds. The number of hydrogen-bond acceptors (Lipinski definition) is 8. The minimum Gasteiger partial charge on any atom is -0.467 e. The molecule has 1 aromatic rings. The highest BCUT2D eigenvalue weighted by Crippen LogP contribution is 2.47. The number of ether oxygens (including phenoxy) is 3. The van der Waals surface area contributed by atoms with Crippen molar-refractivity contribution in [1.29, 1.82) is 0 Å². The molecule has 2 rings (SSSR count). The van der Waals surface area contributed by atoms with E-state index in [2.05, 4.69) is 122 Å². The van der Waals surface area contributed by atoms with Crippen molar-refractivity contribution in [1.82, 2.24) is 0 Å². The van der Waals surface area contributed by atoms with Gasteiger partial charge in [-0.15, -0.1) is 0 Å². The Morgan fingerprint density at radius 1 is 0.725 bits per heavy atom. The zero-order chi connectivity index (χ0) is 40.1. The fourth-order valence-corrected chi connectivity index (χ4v) is 9.86. The van der Waals surface area contributed by atoms with E-state index in [1.807, 2.05) is 13.8 Å². The summed E-state index contributed by atoms with van der Waals surface area (Å²) >= 11 is 0. The van der Waals surface area contributed by atoms with Crippen LogP contribution in [0.4, 0.5) is 4.39 Å². The topological polar surface area (TPSA) is 81.7 Å². The molecule has 5 atom stereocenters. The summed E-state index contributed by atoms with van der Waals surface area (Å²) in [6.45, 7) is 42.7. The predicted molar refractivity (Wildman–Crippen MR) is 217 cm³/mol. The second kappa shape index (κ2) is 15.7. The maximum Gasteiger partial charge on any atom is 0.337 e. The minimum atomic E-state index is -2.59. The number of benzene rings is 1. The summed E-state index contributed by atoms with van der Waals surface area (Å²) < 4.78 is 63.3. The number of carbonyl (C=O) groups is 1. The third-order valence-corrected chi connectivity index (χ3v) is 25.7. The van der Waals surface area contributed by atoms with Crippen LogP contribution in [-0.2, 0) is 44.0 Å². The number of halogens is 1. The Hall–Kier alpha value is -0.912. The van der Waals surface area contributed by atoms with Crippen LogP contribution < -0.4 is 4.74 Å². The van der Waals surface area contributed by atoms with Crippen LogP contribution in [-0.4, -0.2) is 79.2 Å². The summed E-state index contributed by atoms with van der Waals surface area (Å²) in [6, 6.07) is 0. The normalized spacial score (nSPS) is 23.1. The third kappa shape index (κ3) is 10.0. The van der Waals surface area contributed by atoms with Crippen molar-refractivity contribution < 1.29 is 41.1 Å². The van der Waals surface area contributed by atoms with E-state index in [4.69, 9.17) is 31.9 Å². The molecule has 1 saturated heterocycles. The van der Waals surface area contributed by atoms with Gasteiger partial charge < -0.3 is 31.9 Å². The lowest BCUT2D eigenvalue weighted by Gasteiger charge is -2.53. The van der Waals surface area contributed by atoms with Crippen molar-refractivity contribution in [3.05, 3.63) is 28.1 Å². The number of hydrogen-bond donors (Lipinski definition) is 0. The molecule has 0 aromatic heterocycles. The van der Waals surface area contributed by atoms with E-state index in [1.54, 1.807) is 0 Å². The van der Waals surface area contributed by atoms with Gasteiger partial charge in [0, 0.05) is 5.56 Å². The van der Waals surface area contributed by atoms with Gasteiger partial charge in [0.2, 0.25) is 6.29 Å². The van der Waals surface area contributed by atoms with Gasteiger partial charge in [-0.1, -0.05) is 83.1 Å². The predicted octanol–water partition coefficient (Wildman–Crippen LogP) is 8.98. The quantitative estimate of drug-likeness (QED) is 0.163. The first-order valence-electron chi connectivity index (χ1n) is 18.4. The molecule has 0 unspecified atom stereocenters. The second-order valence-electron chi connectivity index (χ2n) is 20.0. The van der Waals surface area contributed by atoms with Gasteiger partial charge in [-0.3, -0.25) is 0 Å². The van der Waals surface area contributed by atoms with Gasteiger partial charge in [-0.05, 0) is 90.3 Å². The molecule has 1 aromatic carbocycles. The molecule has 13 heteroatoms. The number of rotatable bonds is 11. The molecule has 0 radical (unpaired) electrons. The Kier molecular flexibility index (Phi) is 14.2. The zero-order valence-electron chi connectivity index (χ0n) is 36.2. The van der Waals surface area contributed by atoms with Gasteiger partial charge in [0.05, 0.1) is 13.7 Å². The van der Waals surface area contributed by atoms with Crippen LogP contribution in [0.25, 0.3) is 0 Å².